The first-order chi connectivity index (χ1) is 11.2. The lowest BCUT2D eigenvalue weighted by atomic mass is 9.75. The molecule has 5 atom stereocenters. The molecule has 2 rings (SSSR count). The molecule has 24 heavy (non-hydrogen) atoms. The van der Waals surface area contributed by atoms with Crippen molar-refractivity contribution in [1.82, 2.24) is 4.90 Å². The largest absolute Gasteiger partial charge is 0.379 e. The third-order valence-electron chi connectivity index (χ3n) is 5.64. The summed E-state index contributed by atoms with van der Waals surface area (Å²) in [6, 6.07) is 0.143. The van der Waals surface area contributed by atoms with Crippen LogP contribution in [0.15, 0.2) is 0 Å². The standard InChI is InChI=1S/C19H35F2NO2/c1-11(2)17-18(12(3)4)22(9-16(20)21)14-7-8-23-10-15(14)24-19(17)13(5)6/h11-19H,7-10H2,1-6H3. The van der Waals surface area contributed by atoms with E-state index in [1.165, 1.54) is 0 Å². The number of rotatable bonds is 5. The van der Waals surface area contributed by atoms with Crippen molar-refractivity contribution in [1.29, 1.82) is 0 Å². The van der Waals surface area contributed by atoms with E-state index in [9.17, 15) is 8.78 Å². The Morgan fingerprint density at radius 2 is 1.67 bits per heavy atom. The molecular formula is C19H35F2NO2. The summed E-state index contributed by atoms with van der Waals surface area (Å²) in [6.45, 7) is 14.1. The summed E-state index contributed by atoms with van der Waals surface area (Å²) in [7, 11) is 0. The predicted molar refractivity (Wildman–Crippen MR) is 92.4 cm³/mol. The fraction of sp³-hybridized carbons (Fsp3) is 1.00. The van der Waals surface area contributed by atoms with Crippen LogP contribution in [-0.4, -0.2) is 55.4 Å². The molecule has 0 aromatic heterocycles. The van der Waals surface area contributed by atoms with E-state index in [1.807, 2.05) is 0 Å². The van der Waals surface area contributed by atoms with E-state index in [1.54, 1.807) is 0 Å². The molecule has 3 nitrogen and oxygen atoms in total. The van der Waals surface area contributed by atoms with Crippen LogP contribution in [0.4, 0.5) is 8.78 Å². The van der Waals surface area contributed by atoms with E-state index in [2.05, 4.69) is 46.4 Å². The molecule has 0 aliphatic carbocycles. The number of hydrogen-bond donors (Lipinski definition) is 0. The van der Waals surface area contributed by atoms with Gasteiger partial charge in [-0.2, -0.15) is 0 Å². The molecule has 0 spiro atoms. The number of alkyl halides is 2. The monoisotopic (exact) mass is 347 g/mol. The normalized spacial score (nSPS) is 35.8. The molecular weight excluding hydrogens is 312 g/mol. The number of halogens is 2. The van der Waals surface area contributed by atoms with Gasteiger partial charge in [-0.3, -0.25) is 4.90 Å². The van der Waals surface area contributed by atoms with Gasteiger partial charge in [-0.15, -0.1) is 0 Å². The highest BCUT2D eigenvalue weighted by atomic mass is 19.3. The second kappa shape index (κ2) is 8.41. The molecule has 0 bridgehead atoms. The van der Waals surface area contributed by atoms with Crippen LogP contribution in [0.3, 0.4) is 0 Å². The van der Waals surface area contributed by atoms with E-state index in [4.69, 9.17) is 9.47 Å². The molecule has 0 aromatic rings. The Bertz CT molecular complexity index is 390. The molecule has 2 aliphatic heterocycles. The topological polar surface area (TPSA) is 21.7 Å². The summed E-state index contributed by atoms with van der Waals surface area (Å²) in [5.74, 6) is 1.29. The van der Waals surface area contributed by atoms with E-state index in [-0.39, 0.29) is 36.8 Å². The average Bonchev–Trinajstić information content (AvgIpc) is 2.62. The van der Waals surface area contributed by atoms with Gasteiger partial charge in [-0.05, 0) is 24.2 Å². The number of nitrogens with zero attached hydrogens (tertiary/aromatic N) is 1. The quantitative estimate of drug-likeness (QED) is 0.748. The predicted octanol–water partition coefficient (Wildman–Crippen LogP) is 4.06. The maximum absolute atomic E-state index is 13.4. The Labute approximate surface area is 146 Å². The van der Waals surface area contributed by atoms with Gasteiger partial charge in [0.2, 0.25) is 0 Å². The smallest absolute Gasteiger partial charge is 0.251 e. The molecule has 142 valence electrons. The van der Waals surface area contributed by atoms with Gasteiger partial charge in [0, 0.05) is 24.6 Å². The summed E-state index contributed by atoms with van der Waals surface area (Å²) >= 11 is 0. The molecule has 2 heterocycles. The number of ether oxygens (including phenoxy) is 2. The van der Waals surface area contributed by atoms with Crippen LogP contribution < -0.4 is 0 Å². The Hall–Kier alpha value is -0.260. The highest BCUT2D eigenvalue weighted by molar-refractivity contribution is 4.99. The van der Waals surface area contributed by atoms with Crippen LogP contribution in [0.5, 0.6) is 0 Å². The van der Waals surface area contributed by atoms with Gasteiger partial charge in [-0.25, -0.2) is 8.78 Å². The maximum atomic E-state index is 13.4. The molecule has 5 heteroatoms. The van der Waals surface area contributed by atoms with Crippen molar-refractivity contribution in [3.63, 3.8) is 0 Å². The van der Waals surface area contributed by atoms with Gasteiger partial charge in [0.05, 0.1) is 25.4 Å². The fourth-order valence-corrected chi connectivity index (χ4v) is 4.76. The first-order valence-corrected chi connectivity index (χ1v) is 9.51. The SMILES string of the molecule is CC(C)C1OC2COCCC2N(CC(F)F)C(C(C)C)C1C(C)C. The Balaban J connectivity index is 2.46. The molecule has 0 amide bonds. The van der Waals surface area contributed by atoms with E-state index < -0.39 is 6.43 Å². The molecule has 0 aromatic carbocycles. The van der Waals surface area contributed by atoms with Crippen molar-refractivity contribution in [2.24, 2.45) is 23.7 Å². The van der Waals surface area contributed by atoms with Crippen LogP contribution >= 0.6 is 0 Å². The molecule has 2 aliphatic rings. The van der Waals surface area contributed by atoms with Gasteiger partial charge < -0.3 is 9.47 Å². The number of fused-ring (bicyclic) bond motifs is 1. The zero-order chi connectivity index (χ0) is 18.0. The van der Waals surface area contributed by atoms with Gasteiger partial charge >= 0.3 is 0 Å². The highest BCUT2D eigenvalue weighted by Gasteiger charge is 2.48. The highest BCUT2D eigenvalue weighted by Crippen LogP contribution is 2.40. The van der Waals surface area contributed by atoms with Crippen molar-refractivity contribution >= 4 is 0 Å². The van der Waals surface area contributed by atoms with Gasteiger partial charge in [0.1, 0.15) is 0 Å². The molecule has 5 unspecified atom stereocenters. The second-order valence-corrected chi connectivity index (χ2v) is 8.46. The molecule has 0 radical (unpaired) electrons. The van der Waals surface area contributed by atoms with Crippen LogP contribution in [0, 0.1) is 23.7 Å². The lowest BCUT2D eigenvalue weighted by molar-refractivity contribution is -0.126. The van der Waals surface area contributed by atoms with Crippen LogP contribution in [-0.2, 0) is 9.47 Å². The lowest BCUT2D eigenvalue weighted by Gasteiger charge is -2.45. The summed E-state index contributed by atoms with van der Waals surface area (Å²) in [4.78, 5) is 2.08. The molecule has 0 N–H and O–H groups in total. The van der Waals surface area contributed by atoms with Gasteiger partial charge in [0.15, 0.2) is 0 Å². The lowest BCUT2D eigenvalue weighted by Crippen LogP contribution is -2.56. The van der Waals surface area contributed by atoms with Gasteiger partial charge in [0.25, 0.3) is 6.43 Å². The zero-order valence-corrected chi connectivity index (χ0v) is 16.0. The van der Waals surface area contributed by atoms with Crippen LogP contribution in [0.2, 0.25) is 0 Å². The Morgan fingerprint density at radius 1 is 1.00 bits per heavy atom. The second-order valence-electron chi connectivity index (χ2n) is 8.46. The van der Waals surface area contributed by atoms with Crippen LogP contribution in [0.25, 0.3) is 0 Å². The van der Waals surface area contributed by atoms with Crippen molar-refractivity contribution < 1.29 is 18.3 Å². The molecule has 0 saturated carbocycles. The van der Waals surface area contributed by atoms with Crippen LogP contribution in [0.1, 0.15) is 48.0 Å². The molecule has 2 saturated heterocycles. The van der Waals surface area contributed by atoms with Crippen molar-refractivity contribution in [3.05, 3.63) is 0 Å². The average molecular weight is 347 g/mol. The zero-order valence-electron chi connectivity index (χ0n) is 16.0. The first-order valence-electron chi connectivity index (χ1n) is 9.51. The molecule has 2 fully saturated rings. The van der Waals surface area contributed by atoms with Crippen molar-refractivity contribution in [3.8, 4) is 0 Å². The summed E-state index contributed by atoms with van der Waals surface area (Å²) in [6.07, 6.45) is -1.57. The fourth-order valence-electron chi connectivity index (χ4n) is 4.76. The summed E-state index contributed by atoms with van der Waals surface area (Å²) < 4.78 is 39.0. The first kappa shape index (κ1) is 20.1. The minimum atomic E-state index is -2.32. The summed E-state index contributed by atoms with van der Waals surface area (Å²) in [5.41, 5.74) is 0. The van der Waals surface area contributed by atoms with E-state index in [0.717, 1.165) is 6.42 Å². The third-order valence-corrected chi connectivity index (χ3v) is 5.64. The van der Waals surface area contributed by atoms with Gasteiger partial charge in [-0.1, -0.05) is 41.5 Å². The van der Waals surface area contributed by atoms with Crippen molar-refractivity contribution in [2.45, 2.75) is 78.7 Å². The summed E-state index contributed by atoms with van der Waals surface area (Å²) in [5, 5.41) is 0. The minimum absolute atomic E-state index is 0.0325. The Kier molecular flexibility index (Phi) is 7.03. The maximum Gasteiger partial charge on any atom is 0.251 e. The van der Waals surface area contributed by atoms with Crippen molar-refractivity contribution in [2.75, 3.05) is 19.8 Å². The Morgan fingerprint density at radius 3 is 2.17 bits per heavy atom. The van der Waals surface area contributed by atoms with E-state index >= 15 is 0 Å². The third kappa shape index (κ3) is 4.28. The number of hydrogen-bond acceptors (Lipinski definition) is 3. The minimum Gasteiger partial charge on any atom is -0.379 e. The van der Waals surface area contributed by atoms with E-state index in [0.29, 0.717) is 31.0 Å².